The first-order chi connectivity index (χ1) is 15.6. The lowest BCUT2D eigenvalue weighted by molar-refractivity contribution is 0.219. The summed E-state index contributed by atoms with van der Waals surface area (Å²) in [6.45, 7) is 0. The lowest BCUT2D eigenvalue weighted by Crippen LogP contribution is -2.54. The maximum absolute atomic E-state index is 9.60. The fourth-order valence-electron chi connectivity index (χ4n) is 5.31. The molecule has 0 spiro atoms. The van der Waals surface area contributed by atoms with Gasteiger partial charge in [-0.2, -0.15) is 10.4 Å². The second kappa shape index (κ2) is 7.54. The van der Waals surface area contributed by atoms with Crippen LogP contribution in [0.15, 0.2) is 30.5 Å². The standard InChI is InChI=1S/C24H25N7S/c1-30-13-16-9-14(8-15(12-25)22(16)29-30)20-6-7-21-23(27-20)32-24(28-21)31(2)19-10-17-4-3-5-18(11-19)26-17/h6-9,13,17-19,26H,3-5,10-11H2,1-2H3/t17-,18+,19?. The Bertz CT molecular complexity index is 1350. The highest BCUT2D eigenvalue weighted by molar-refractivity contribution is 7.21. The Morgan fingerprint density at radius 2 is 2.00 bits per heavy atom. The lowest BCUT2D eigenvalue weighted by Gasteiger charge is -2.43. The van der Waals surface area contributed by atoms with Gasteiger partial charge in [0.25, 0.3) is 0 Å². The number of aromatic nitrogens is 4. The molecule has 3 aromatic heterocycles. The molecule has 2 aliphatic heterocycles. The summed E-state index contributed by atoms with van der Waals surface area (Å²) >= 11 is 1.66. The summed E-state index contributed by atoms with van der Waals surface area (Å²) in [7, 11) is 4.05. The van der Waals surface area contributed by atoms with Crippen molar-refractivity contribution in [2.45, 2.75) is 50.2 Å². The topological polar surface area (TPSA) is 82.7 Å². The normalized spacial score (nSPS) is 22.8. The van der Waals surface area contributed by atoms with E-state index in [0.717, 1.165) is 37.6 Å². The maximum Gasteiger partial charge on any atom is 0.187 e. The van der Waals surface area contributed by atoms with E-state index >= 15 is 0 Å². The monoisotopic (exact) mass is 443 g/mol. The molecule has 0 radical (unpaired) electrons. The van der Waals surface area contributed by atoms with Crippen molar-refractivity contribution in [2.24, 2.45) is 7.05 Å². The number of hydrogen-bond acceptors (Lipinski definition) is 7. The molecule has 8 heteroatoms. The van der Waals surface area contributed by atoms with Crippen molar-refractivity contribution in [3.63, 3.8) is 0 Å². The molecule has 7 nitrogen and oxygen atoms in total. The summed E-state index contributed by atoms with van der Waals surface area (Å²) in [6, 6.07) is 12.1. The maximum atomic E-state index is 9.60. The van der Waals surface area contributed by atoms with E-state index in [9.17, 15) is 5.26 Å². The minimum Gasteiger partial charge on any atom is -0.348 e. The van der Waals surface area contributed by atoms with Gasteiger partial charge in [-0.1, -0.05) is 17.8 Å². The number of rotatable bonds is 3. The molecular weight excluding hydrogens is 418 g/mol. The van der Waals surface area contributed by atoms with Gasteiger partial charge in [0.2, 0.25) is 0 Å². The van der Waals surface area contributed by atoms with Gasteiger partial charge in [0.05, 0.1) is 11.3 Å². The summed E-state index contributed by atoms with van der Waals surface area (Å²) in [5.41, 5.74) is 4.01. The van der Waals surface area contributed by atoms with Crippen molar-refractivity contribution in [1.82, 2.24) is 25.1 Å². The molecule has 2 aliphatic rings. The van der Waals surface area contributed by atoms with E-state index in [0.29, 0.717) is 23.7 Å². The molecular formula is C24H25N7S. The zero-order valence-electron chi connectivity index (χ0n) is 18.2. The molecule has 4 aromatic rings. The van der Waals surface area contributed by atoms with Crippen LogP contribution in [0.2, 0.25) is 0 Å². The van der Waals surface area contributed by atoms with Crippen molar-refractivity contribution in [3.8, 4) is 17.3 Å². The number of fused-ring (bicyclic) bond motifs is 4. The van der Waals surface area contributed by atoms with Crippen molar-refractivity contribution in [2.75, 3.05) is 11.9 Å². The van der Waals surface area contributed by atoms with E-state index < -0.39 is 0 Å². The number of nitrogens with one attached hydrogen (secondary N) is 1. The molecule has 0 aliphatic carbocycles. The third-order valence-corrected chi connectivity index (χ3v) is 7.98. The molecule has 1 unspecified atom stereocenters. The van der Waals surface area contributed by atoms with Crippen LogP contribution in [0.3, 0.4) is 0 Å². The summed E-state index contributed by atoms with van der Waals surface area (Å²) in [5.74, 6) is 0. The van der Waals surface area contributed by atoms with Crippen molar-refractivity contribution in [3.05, 3.63) is 36.0 Å². The van der Waals surface area contributed by atoms with Gasteiger partial charge < -0.3 is 10.2 Å². The van der Waals surface area contributed by atoms with Gasteiger partial charge in [-0.25, -0.2) is 9.97 Å². The zero-order valence-corrected chi connectivity index (χ0v) is 19.1. The first-order valence-electron chi connectivity index (χ1n) is 11.2. The van der Waals surface area contributed by atoms with E-state index in [1.165, 1.54) is 32.1 Å². The van der Waals surface area contributed by atoms with Crippen LogP contribution in [-0.4, -0.2) is 44.9 Å². The van der Waals surface area contributed by atoms with Crippen LogP contribution in [0, 0.1) is 11.3 Å². The zero-order chi connectivity index (χ0) is 21.8. The highest BCUT2D eigenvalue weighted by Crippen LogP contribution is 2.35. The van der Waals surface area contributed by atoms with Crippen LogP contribution >= 0.6 is 11.3 Å². The summed E-state index contributed by atoms with van der Waals surface area (Å²) < 4.78 is 1.74. The van der Waals surface area contributed by atoms with E-state index in [4.69, 9.17) is 9.97 Å². The van der Waals surface area contributed by atoms with Gasteiger partial charge in [-0.05, 0) is 49.9 Å². The average molecular weight is 444 g/mol. The average Bonchev–Trinajstić information content (AvgIpc) is 3.39. The SMILES string of the molecule is CN(c1nc2ccc(-c3cc(C#N)c4nn(C)cc4c3)nc2s1)C1C[C@H]2CCC[C@@H](C1)N2. The number of aryl methyl sites for hydroxylation is 1. The molecule has 1 N–H and O–H groups in total. The fourth-order valence-corrected chi connectivity index (χ4v) is 6.29. The predicted octanol–water partition coefficient (Wildman–Crippen LogP) is 4.23. The molecule has 1 aromatic carbocycles. The van der Waals surface area contributed by atoms with Gasteiger partial charge in [0.15, 0.2) is 5.13 Å². The first-order valence-corrected chi connectivity index (χ1v) is 12.0. The van der Waals surface area contributed by atoms with Crippen LogP contribution in [-0.2, 0) is 7.05 Å². The third kappa shape index (κ3) is 3.33. The van der Waals surface area contributed by atoms with Gasteiger partial charge >= 0.3 is 0 Å². The minimum atomic E-state index is 0.526. The summed E-state index contributed by atoms with van der Waals surface area (Å²) in [6.07, 6.45) is 8.24. The Kier molecular flexibility index (Phi) is 4.63. The number of benzene rings is 1. The Morgan fingerprint density at radius 3 is 2.78 bits per heavy atom. The second-order valence-electron chi connectivity index (χ2n) is 9.12. The molecule has 6 rings (SSSR count). The molecule has 5 heterocycles. The number of piperidine rings is 2. The largest absolute Gasteiger partial charge is 0.348 e. The van der Waals surface area contributed by atoms with Crippen molar-refractivity contribution < 1.29 is 0 Å². The van der Waals surface area contributed by atoms with Gasteiger partial charge in [-0.15, -0.1) is 0 Å². The molecule has 2 fully saturated rings. The highest BCUT2D eigenvalue weighted by atomic mass is 32.1. The summed E-state index contributed by atoms with van der Waals surface area (Å²) in [5, 5.41) is 19.8. The molecule has 0 saturated carbocycles. The Balaban J connectivity index is 1.33. The Labute approximate surface area is 190 Å². The van der Waals surface area contributed by atoms with Gasteiger partial charge in [0.1, 0.15) is 21.9 Å². The number of nitriles is 1. The number of pyridine rings is 1. The minimum absolute atomic E-state index is 0.526. The second-order valence-corrected chi connectivity index (χ2v) is 10.1. The number of anilines is 1. The number of thiazole rings is 1. The lowest BCUT2D eigenvalue weighted by atomic mass is 9.83. The fraction of sp³-hybridized carbons (Fsp3) is 0.417. The highest BCUT2D eigenvalue weighted by Gasteiger charge is 2.33. The van der Waals surface area contributed by atoms with E-state index in [2.05, 4.69) is 34.5 Å². The molecule has 2 saturated heterocycles. The van der Waals surface area contributed by atoms with Crippen LogP contribution in [0.4, 0.5) is 5.13 Å². The van der Waals surface area contributed by atoms with Crippen molar-refractivity contribution >= 4 is 37.7 Å². The van der Waals surface area contributed by atoms with Crippen LogP contribution in [0.5, 0.6) is 0 Å². The third-order valence-electron chi connectivity index (χ3n) is 6.92. The van der Waals surface area contributed by atoms with Crippen LogP contribution in [0.1, 0.15) is 37.7 Å². The molecule has 2 bridgehead atoms. The van der Waals surface area contributed by atoms with Gasteiger partial charge in [0, 0.05) is 49.4 Å². The van der Waals surface area contributed by atoms with Crippen LogP contribution in [0.25, 0.3) is 32.5 Å². The summed E-state index contributed by atoms with van der Waals surface area (Å²) in [4.78, 5) is 13.1. The number of nitrogens with zero attached hydrogens (tertiary/aromatic N) is 6. The number of hydrogen-bond donors (Lipinski definition) is 1. The quantitative estimate of drug-likeness (QED) is 0.510. The molecule has 162 valence electrons. The molecule has 3 atom stereocenters. The van der Waals surface area contributed by atoms with E-state index in [-0.39, 0.29) is 0 Å². The van der Waals surface area contributed by atoms with Crippen molar-refractivity contribution in [1.29, 1.82) is 5.26 Å². The van der Waals surface area contributed by atoms with E-state index in [1.54, 1.807) is 16.0 Å². The molecule has 32 heavy (non-hydrogen) atoms. The van der Waals surface area contributed by atoms with Crippen LogP contribution < -0.4 is 10.2 Å². The van der Waals surface area contributed by atoms with Gasteiger partial charge in [-0.3, -0.25) is 4.68 Å². The molecule has 0 amide bonds. The Morgan fingerprint density at radius 1 is 1.19 bits per heavy atom. The van der Waals surface area contributed by atoms with E-state index in [1.807, 2.05) is 31.4 Å². The Hall–Kier alpha value is -3.02. The predicted molar refractivity (Wildman–Crippen MR) is 128 cm³/mol. The smallest absolute Gasteiger partial charge is 0.187 e. The first kappa shape index (κ1) is 19.6.